The van der Waals surface area contributed by atoms with Crippen LogP contribution in [0.3, 0.4) is 0 Å². The van der Waals surface area contributed by atoms with E-state index in [-0.39, 0.29) is 11.9 Å². The monoisotopic (exact) mass is 305 g/mol. The summed E-state index contributed by atoms with van der Waals surface area (Å²) in [6, 6.07) is 7.79. The summed E-state index contributed by atoms with van der Waals surface area (Å²) in [6.07, 6.45) is 0. The van der Waals surface area contributed by atoms with Crippen LogP contribution in [0.2, 0.25) is 0 Å². The molecule has 0 radical (unpaired) electrons. The van der Waals surface area contributed by atoms with Gasteiger partial charge in [0.15, 0.2) is 5.84 Å². The van der Waals surface area contributed by atoms with Gasteiger partial charge in [-0.25, -0.2) is 0 Å². The second kappa shape index (κ2) is 7.10. The minimum Gasteiger partial charge on any atom is -0.496 e. The number of benzene rings is 1. The normalized spacial score (nSPS) is 13.1. The summed E-state index contributed by atoms with van der Waals surface area (Å²) in [7, 11) is 1.63. The van der Waals surface area contributed by atoms with Crippen molar-refractivity contribution in [2.24, 2.45) is 10.9 Å². The molecule has 1 aromatic heterocycles. The fourth-order valence-electron chi connectivity index (χ4n) is 2.04. The van der Waals surface area contributed by atoms with Crippen molar-refractivity contribution in [1.82, 2.24) is 5.32 Å². The van der Waals surface area contributed by atoms with Crippen LogP contribution in [0.1, 0.15) is 29.7 Å². The molecule has 0 saturated carbocycles. The molecule has 4 N–H and O–H groups in total. The van der Waals surface area contributed by atoms with E-state index in [1.807, 2.05) is 12.1 Å². The van der Waals surface area contributed by atoms with Gasteiger partial charge in [0.25, 0.3) is 0 Å². The first kappa shape index (κ1) is 15.3. The average molecular weight is 305 g/mol. The minimum atomic E-state index is 0.0878. The predicted molar refractivity (Wildman–Crippen MR) is 85.1 cm³/mol. The topological polar surface area (TPSA) is 79.9 Å². The highest BCUT2D eigenvalue weighted by molar-refractivity contribution is 7.07. The Labute approximate surface area is 128 Å². The molecule has 2 rings (SSSR count). The van der Waals surface area contributed by atoms with Gasteiger partial charge in [-0.2, -0.15) is 11.3 Å². The maximum atomic E-state index is 8.77. The molecule has 2 aromatic rings. The van der Waals surface area contributed by atoms with Crippen LogP contribution in [0.25, 0.3) is 0 Å². The maximum absolute atomic E-state index is 8.77. The van der Waals surface area contributed by atoms with Crippen molar-refractivity contribution >= 4 is 17.2 Å². The molecule has 21 heavy (non-hydrogen) atoms. The third-order valence-corrected chi connectivity index (χ3v) is 4.03. The van der Waals surface area contributed by atoms with Crippen LogP contribution in [0, 0.1) is 0 Å². The number of amidine groups is 1. The van der Waals surface area contributed by atoms with E-state index in [0.717, 1.165) is 11.3 Å². The number of oxime groups is 1. The van der Waals surface area contributed by atoms with Crippen LogP contribution in [-0.4, -0.2) is 18.2 Å². The minimum absolute atomic E-state index is 0.0878. The number of nitrogens with zero attached hydrogens (tertiary/aromatic N) is 1. The van der Waals surface area contributed by atoms with Gasteiger partial charge in [0, 0.05) is 23.7 Å². The van der Waals surface area contributed by atoms with Crippen molar-refractivity contribution in [1.29, 1.82) is 0 Å². The molecule has 0 aliphatic heterocycles. The van der Waals surface area contributed by atoms with Crippen LogP contribution >= 0.6 is 11.3 Å². The lowest BCUT2D eigenvalue weighted by Crippen LogP contribution is -2.19. The van der Waals surface area contributed by atoms with E-state index < -0.39 is 0 Å². The summed E-state index contributed by atoms with van der Waals surface area (Å²) >= 11 is 1.68. The summed E-state index contributed by atoms with van der Waals surface area (Å²) < 4.78 is 5.36. The van der Waals surface area contributed by atoms with Crippen LogP contribution in [0.5, 0.6) is 5.75 Å². The van der Waals surface area contributed by atoms with Gasteiger partial charge in [-0.1, -0.05) is 5.16 Å². The largest absolute Gasteiger partial charge is 0.496 e. The smallest absolute Gasteiger partial charge is 0.170 e. The Morgan fingerprint density at radius 2 is 2.29 bits per heavy atom. The maximum Gasteiger partial charge on any atom is 0.170 e. The molecule has 0 aliphatic rings. The van der Waals surface area contributed by atoms with E-state index in [1.54, 1.807) is 24.5 Å². The molecule has 0 saturated heterocycles. The lowest BCUT2D eigenvalue weighted by molar-refractivity contribution is 0.318. The summed E-state index contributed by atoms with van der Waals surface area (Å²) in [5.41, 5.74) is 8.51. The van der Waals surface area contributed by atoms with Crippen molar-refractivity contribution in [3.8, 4) is 5.75 Å². The van der Waals surface area contributed by atoms with Gasteiger partial charge in [-0.05, 0) is 47.5 Å². The lowest BCUT2D eigenvalue weighted by atomic mass is 10.1. The van der Waals surface area contributed by atoms with Crippen LogP contribution < -0.4 is 15.8 Å². The molecule has 6 heteroatoms. The molecule has 0 fully saturated rings. The van der Waals surface area contributed by atoms with Gasteiger partial charge >= 0.3 is 0 Å². The molecule has 1 heterocycles. The Bertz CT molecular complexity index is 611. The zero-order chi connectivity index (χ0) is 15.2. The second-order valence-corrected chi connectivity index (χ2v) is 5.45. The van der Waals surface area contributed by atoms with Crippen molar-refractivity contribution in [3.05, 3.63) is 51.7 Å². The van der Waals surface area contributed by atoms with Crippen molar-refractivity contribution in [2.45, 2.75) is 19.5 Å². The standard InChI is InChI=1S/C15H19N3O2S/c1-10(12-5-6-21-9-12)17-8-13-7-11(15(16)18-19)3-4-14(13)20-2/h3-7,9-10,17,19H,8H2,1-2H3,(H2,16,18). The molecule has 1 atom stereocenters. The molecule has 5 nitrogen and oxygen atoms in total. The summed E-state index contributed by atoms with van der Waals surface area (Å²) in [5.74, 6) is 0.860. The molecular weight excluding hydrogens is 286 g/mol. The second-order valence-electron chi connectivity index (χ2n) is 4.67. The third kappa shape index (κ3) is 3.74. The highest BCUT2D eigenvalue weighted by atomic mass is 32.1. The molecule has 0 spiro atoms. The lowest BCUT2D eigenvalue weighted by Gasteiger charge is -2.15. The summed E-state index contributed by atoms with van der Waals surface area (Å²) in [4.78, 5) is 0. The Morgan fingerprint density at radius 3 is 2.90 bits per heavy atom. The summed E-state index contributed by atoms with van der Waals surface area (Å²) in [6.45, 7) is 2.74. The van der Waals surface area contributed by atoms with E-state index in [9.17, 15) is 0 Å². The van der Waals surface area contributed by atoms with Gasteiger partial charge in [0.05, 0.1) is 7.11 Å². The number of hydrogen-bond donors (Lipinski definition) is 3. The van der Waals surface area contributed by atoms with Gasteiger partial charge in [0.1, 0.15) is 5.75 Å². The number of methoxy groups -OCH3 is 1. The average Bonchev–Trinajstić information content (AvgIpc) is 3.06. The molecule has 112 valence electrons. The highest BCUT2D eigenvalue weighted by Crippen LogP contribution is 2.22. The van der Waals surface area contributed by atoms with E-state index in [4.69, 9.17) is 15.7 Å². The highest BCUT2D eigenvalue weighted by Gasteiger charge is 2.10. The molecular formula is C15H19N3O2S. The van der Waals surface area contributed by atoms with E-state index >= 15 is 0 Å². The number of nitrogens with two attached hydrogens (primary N) is 1. The third-order valence-electron chi connectivity index (χ3n) is 3.33. The quantitative estimate of drug-likeness (QED) is 0.332. The Balaban J connectivity index is 2.14. The van der Waals surface area contributed by atoms with Crippen molar-refractivity contribution in [2.75, 3.05) is 7.11 Å². The van der Waals surface area contributed by atoms with Crippen molar-refractivity contribution < 1.29 is 9.94 Å². The molecule has 0 amide bonds. The molecule has 0 bridgehead atoms. The molecule has 1 unspecified atom stereocenters. The zero-order valence-corrected chi connectivity index (χ0v) is 12.9. The number of rotatable bonds is 6. The Morgan fingerprint density at radius 1 is 1.48 bits per heavy atom. The van der Waals surface area contributed by atoms with Crippen molar-refractivity contribution in [3.63, 3.8) is 0 Å². The number of ether oxygens (including phenoxy) is 1. The van der Waals surface area contributed by atoms with Crippen LogP contribution in [0.4, 0.5) is 0 Å². The fourth-order valence-corrected chi connectivity index (χ4v) is 2.79. The van der Waals surface area contributed by atoms with Gasteiger partial charge in [-0.3, -0.25) is 0 Å². The summed E-state index contributed by atoms with van der Waals surface area (Å²) in [5, 5.41) is 19.4. The first-order valence-electron chi connectivity index (χ1n) is 6.56. The predicted octanol–water partition coefficient (Wildman–Crippen LogP) is 2.70. The van der Waals surface area contributed by atoms with Gasteiger partial charge in [0.2, 0.25) is 0 Å². The van der Waals surface area contributed by atoms with E-state index in [1.165, 1.54) is 5.56 Å². The number of nitrogens with one attached hydrogen (secondary N) is 1. The van der Waals surface area contributed by atoms with Crippen LogP contribution in [-0.2, 0) is 6.54 Å². The first-order valence-corrected chi connectivity index (χ1v) is 7.50. The zero-order valence-electron chi connectivity index (χ0n) is 12.0. The van der Waals surface area contributed by atoms with E-state index in [2.05, 4.69) is 34.2 Å². The first-order chi connectivity index (χ1) is 10.2. The fraction of sp³-hybridized carbons (Fsp3) is 0.267. The van der Waals surface area contributed by atoms with Gasteiger partial charge in [-0.15, -0.1) is 0 Å². The molecule has 1 aromatic carbocycles. The SMILES string of the molecule is COc1ccc(/C(N)=N/O)cc1CNC(C)c1ccsc1. The Kier molecular flexibility index (Phi) is 5.19. The molecule has 0 aliphatic carbocycles. The number of thiophene rings is 1. The number of hydrogen-bond acceptors (Lipinski definition) is 5. The Hall–Kier alpha value is -2.05. The van der Waals surface area contributed by atoms with Crippen LogP contribution in [0.15, 0.2) is 40.2 Å². The van der Waals surface area contributed by atoms with E-state index in [0.29, 0.717) is 12.1 Å². The van der Waals surface area contributed by atoms with Gasteiger partial charge < -0.3 is 21.0 Å².